The molecule has 16 heavy (non-hydrogen) atoms. The summed E-state index contributed by atoms with van der Waals surface area (Å²) in [7, 11) is 0. The van der Waals surface area contributed by atoms with Gasteiger partial charge in [0.2, 0.25) is 5.71 Å². The van der Waals surface area contributed by atoms with Gasteiger partial charge in [-0.25, -0.2) is 0 Å². The minimum atomic E-state index is -0.992. The first-order valence-corrected chi connectivity index (χ1v) is 4.57. The summed E-state index contributed by atoms with van der Waals surface area (Å²) in [5.41, 5.74) is 12.3. The Labute approximate surface area is 96.2 Å². The summed E-state index contributed by atoms with van der Waals surface area (Å²) in [6.07, 6.45) is 0. The fraction of sp³-hybridized carbons (Fsp3) is 0. The molecule has 0 fully saturated rings. The van der Waals surface area contributed by atoms with E-state index in [1.54, 1.807) is 24.3 Å². The molecule has 0 aliphatic rings. The molecule has 0 bridgehead atoms. The molecule has 0 aliphatic heterocycles. The van der Waals surface area contributed by atoms with Gasteiger partial charge in [-0.2, -0.15) is 5.10 Å². The van der Waals surface area contributed by atoms with Crippen LogP contribution in [0.5, 0.6) is 0 Å². The molecule has 5 N–H and O–H groups in total. The van der Waals surface area contributed by atoms with Crippen molar-refractivity contribution in [3.05, 3.63) is 29.3 Å². The van der Waals surface area contributed by atoms with Crippen molar-refractivity contribution in [2.24, 2.45) is 16.6 Å². The molecule has 6 nitrogen and oxygen atoms in total. The van der Waals surface area contributed by atoms with Gasteiger partial charge >= 0.3 is 0 Å². The van der Waals surface area contributed by atoms with Crippen molar-refractivity contribution >= 4 is 34.8 Å². The second-order valence-corrected chi connectivity index (χ2v) is 3.24. The summed E-state index contributed by atoms with van der Waals surface area (Å²) >= 11 is 5.66. The summed E-state index contributed by atoms with van der Waals surface area (Å²) in [5.74, 6) is -1.98. The van der Waals surface area contributed by atoms with Crippen molar-refractivity contribution < 1.29 is 9.59 Å². The maximum absolute atomic E-state index is 10.7. The molecule has 0 aromatic heterocycles. The number of amides is 2. The highest BCUT2D eigenvalue weighted by Crippen LogP contribution is 2.13. The molecule has 0 saturated carbocycles. The predicted octanol–water partition coefficient (Wildman–Crippen LogP) is 0.0785. The van der Waals surface area contributed by atoms with Crippen molar-refractivity contribution in [1.29, 1.82) is 0 Å². The predicted molar refractivity (Wildman–Crippen MR) is 60.9 cm³/mol. The molecule has 1 aromatic rings. The lowest BCUT2D eigenvalue weighted by molar-refractivity contribution is -0.115. The lowest BCUT2D eigenvalue weighted by Gasteiger charge is -2.01. The number of carbonyl (C=O) groups excluding carboxylic acids is 2. The van der Waals surface area contributed by atoms with Gasteiger partial charge in [0.05, 0.1) is 5.69 Å². The summed E-state index contributed by atoms with van der Waals surface area (Å²) in [5, 5.41) is 4.05. The third-order valence-electron chi connectivity index (χ3n) is 1.61. The van der Waals surface area contributed by atoms with Crippen LogP contribution in [-0.4, -0.2) is 17.5 Å². The average Bonchev–Trinajstić information content (AvgIpc) is 2.20. The highest BCUT2D eigenvalue weighted by molar-refractivity contribution is 6.64. The van der Waals surface area contributed by atoms with Gasteiger partial charge in [-0.3, -0.25) is 15.0 Å². The van der Waals surface area contributed by atoms with E-state index in [0.29, 0.717) is 10.7 Å². The highest BCUT2D eigenvalue weighted by atomic mass is 35.5. The second-order valence-electron chi connectivity index (χ2n) is 2.81. The number of carbonyl (C=O) groups is 2. The van der Waals surface area contributed by atoms with E-state index in [4.69, 9.17) is 23.1 Å². The molecule has 84 valence electrons. The van der Waals surface area contributed by atoms with Crippen molar-refractivity contribution in [1.82, 2.24) is 0 Å². The molecular weight excluding hydrogens is 232 g/mol. The van der Waals surface area contributed by atoms with Gasteiger partial charge in [0.25, 0.3) is 11.8 Å². The maximum atomic E-state index is 10.7. The summed E-state index contributed by atoms with van der Waals surface area (Å²) in [4.78, 5) is 21.5. The van der Waals surface area contributed by atoms with E-state index in [1.165, 1.54) is 0 Å². The molecule has 2 amide bonds. The van der Waals surface area contributed by atoms with Gasteiger partial charge in [-0.15, -0.1) is 0 Å². The molecule has 1 rings (SSSR count). The Balaban J connectivity index is 2.81. The number of nitrogens with one attached hydrogen (secondary N) is 1. The molecule has 0 saturated heterocycles. The number of nitrogens with two attached hydrogens (primary N) is 2. The van der Waals surface area contributed by atoms with Crippen LogP contribution in [0.1, 0.15) is 0 Å². The monoisotopic (exact) mass is 240 g/mol. The first-order valence-electron chi connectivity index (χ1n) is 4.19. The molecule has 1 aromatic carbocycles. The first kappa shape index (κ1) is 12.0. The van der Waals surface area contributed by atoms with Crippen LogP contribution >= 0.6 is 11.6 Å². The Bertz CT molecular complexity index is 425. The number of halogens is 1. The number of hydrazone groups is 1. The van der Waals surface area contributed by atoms with Gasteiger partial charge in [-0.05, 0) is 24.3 Å². The van der Waals surface area contributed by atoms with E-state index < -0.39 is 17.5 Å². The third-order valence-corrected chi connectivity index (χ3v) is 1.86. The number of anilines is 1. The highest BCUT2D eigenvalue weighted by Gasteiger charge is 2.13. The number of rotatable bonds is 4. The number of hydrogen-bond donors (Lipinski definition) is 3. The smallest absolute Gasteiger partial charge is 0.274 e. The van der Waals surface area contributed by atoms with E-state index in [1.807, 2.05) is 0 Å². The van der Waals surface area contributed by atoms with Crippen LogP contribution in [0.25, 0.3) is 0 Å². The van der Waals surface area contributed by atoms with Crippen molar-refractivity contribution in [3.8, 4) is 0 Å². The van der Waals surface area contributed by atoms with Crippen LogP contribution < -0.4 is 16.9 Å². The molecule has 0 radical (unpaired) electrons. The van der Waals surface area contributed by atoms with Crippen LogP contribution in [0.2, 0.25) is 5.02 Å². The number of benzene rings is 1. The molecule has 0 heterocycles. The van der Waals surface area contributed by atoms with Crippen LogP contribution in [0.15, 0.2) is 29.4 Å². The molecule has 0 atom stereocenters. The van der Waals surface area contributed by atoms with Gasteiger partial charge in [0.15, 0.2) is 0 Å². The zero-order valence-corrected chi connectivity index (χ0v) is 8.86. The van der Waals surface area contributed by atoms with Crippen molar-refractivity contribution in [2.75, 3.05) is 5.43 Å². The fourth-order valence-electron chi connectivity index (χ4n) is 0.876. The molecule has 0 spiro atoms. The van der Waals surface area contributed by atoms with E-state index in [2.05, 4.69) is 10.5 Å². The van der Waals surface area contributed by atoms with Gasteiger partial charge in [0.1, 0.15) is 0 Å². The minimum Gasteiger partial charge on any atom is -0.364 e. The van der Waals surface area contributed by atoms with Crippen LogP contribution in [-0.2, 0) is 9.59 Å². The summed E-state index contributed by atoms with van der Waals surface area (Å²) < 4.78 is 0. The zero-order chi connectivity index (χ0) is 12.1. The van der Waals surface area contributed by atoms with E-state index in [9.17, 15) is 9.59 Å². The number of nitrogens with zero attached hydrogens (tertiary/aromatic N) is 1. The molecule has 0 unspecified atom stereocenters. The van der Waals surface area contributed by atoms with E-state index in [0.717, 1.165) is 0 Å². The standard InChI is InChI=1S/C9H9ClN4O2/c10-5-1-3-6(4-2-5)13-14-7(8(11)15)9(12)16/h1-4,13H,(H2,11,15)(H2,12,16). The molecular formula is C9H9ClN4O2. The SMILES string of the molecule is NC(=O)C(=NNc1ccc(Cl)cc1)C(N)=O. The zero-order valence-electron chi connectivity index (χ0n) is 8.11. The normalized spacial score (nSPS) is 9.31. The van der Waals surface area contributed by atoms with Gasteiger partial charge in [-0.1, -0.05) is 11.6 Å². The summed E-state index contributed by atoms with van der Waals surface area (Å²) in [6.45, 7) is 0. The number of hydrogen-bond acceptors (Lipinski definition) is 4. The van der Waals surface area contributed by atoms with Crippen LogP contribution in [0, 0.1) is 0 Å². The van der Waals surface area contributed by atoms with Crippen molar-refractivity contribution in [3.63, 3.8) is 0 Å². The molecule has 0 aliphatic carbocycles. The fourth-order valence-corrected chi connectivity index (χ4v) is 1.00. The Hall–Kier alpha value is -2.08. The number of primary amides is 2. The quantitative estimate of drug-likeness (QED) is 0.394. The lowest BCUT2D eigenvalue weighted by atomic mass is 10.3. The summed E-state index contributed by atoms with van der Waals surface area (Å²) in [6, 6.07) is 6.47. The largest absolute Gasteiger partial charge is 0.364 e. The van der Waals surface area contributed by atoms with Crippen molar-refractivity contribution in [2.45, 2.75) is 0 Å². The third kappa shape index (κ3) is 3.25. The Morgan fingerprint density at radius 1 is 1.12 bits per heavy atom. The van der Waals surface area contributed by atoms with E-state index in [-0.39, 0.29) is 0 Å². The Morgan fingerprint density at radius 3 is 2.06 bits per heavy atom. The van der Waals surface area contributed by atoms with Crippen LogP contribution in [0.3, 0.4) is 0 Å². The lowest BCUT2D eigenvalue weighted by Crippen LogP contribution is -2.36. The minimum absolute atomic E-state index is 0.546. The first-order chi connectivity index (χ1) is 7.50. The topological polar surface area (TPSA) is 111 Å². The Kier molecular flexibility index (Phi) is 3.84. The maximum Gasteiger partial charge on any atom is 0.274 e. The van der Waals surface area contributed by atoms with Crippen LogP contribution in [0.4, 0.5) is 5.69 Å². The Morgan fingerprint density at radius 2 is 1.62 bits per heavy atom. The van der Waals surface area contributed by atoms with Gasteiger partial charge in [0, 0.05) is 5.02 Å². The molecule has 7 heteroatoms. The average molecular weight is 241 g/mol. The van der Waals surface area contributed by atoms with E-state index >= 15 is 0 Å². The van der Waals surface area contributed by atoms with Gasteiger partial charge < -0.3 is 11.5 Å². The second kappa shape index (κ2) is 5.13.